The molecule has 3 rings (SSSR count). The largest absolute Gasteiger partial charge is 0.492 e. The lowest BCUT2D eigenvalue weighted by atomic mass is 10.1. The first-order valence-corrected chi connectivity index (χ1v) is 8.45. The Morgan fingerprint density at radius 1 is 1.21 bits per heavy atom. The molecule has 1 saturated heterocycles. The highest BCUT2D eigenvalue weighted by molar-refractivity contribution is 5.83. The molecule has 128 valence electrons. The predicted molar refractivity (Wildman–Crippen MR) is 94.3 cm³/mol. The molecule has 0 saturated carbocycles. The average Bonchev–Trinajstić information content (AvgIpc) is 2.65. The van der Waals surface area contributed by atoms with Gasteiger partial charge < -0.3 is 14.8 Å². The topological polar surface area (TPSA) is 50.8 Å². The fourth-order valence-electron chi connectivity index (χ4n) is 2.88. The number of carbonyl (C=O) groups is 1. The molecule has 2 aromatic carbocycles. The van der Waals surface area contributed by atoms with Gasteiger partial charge in [-0.1, -0.05) is 30.3 Å². The summed E-state index contributed by atoms with van der Waals surface area (Å²) in [5.74, 6) is 0.864. The number of carbonyl (C=O) groups excluding carboxylic acids is 1. The van der Waals surface area contributed by atoms with Crippen molar-refractivity contribution in [3.63, 3.8) is 0 Å². The molecule has 2 aromatic rings. The van der Waals surface area contributed by atoms with Crippen molar-refractivity contribution in [3.05, 3.63) is 42.5 Å². The van der Waals surface area contributed by atoms with Crippen molar-refractivity contribution in [2.45, 2.75) is 13.0 Å². The van der Waals surface area contributed by atoms with Crippen LogP contribution in [0.5, 0.6) is 5.75 Å². The number of hydrogen-bond donors (Lipinski definition) is 1. The van der Waals surface area contributed by atoms with Gasteiger partial charge in [0.25, 0.3) is 0 Å². The third kappa shape index (κ3) is 4.24. The van der Waals surface area contributed by atoms with E-state index in [0.29, 0.717) is 26.4 Å². The van der Waals surface area contributed by atoms with Crippen LogP contribution < -0.4 is 10.1 Å². The lowest BCUT2D eigenvalue weighted by molar-refractivity contribution is -0.127. The lowest BCUT2D eigenvalue weighted by Gasteiger charge is -2.31. The van der Waals surface area contributed by atoms with Gasteiger partial charge in [-0.15, -0.1) is 0 Å². The summed E-state index contributed by atoms with van der Waals surface area (Å²) in [4.78, 5) is 14.3. The Morgan fingerprint density at radius 3 is 2.75 bits per heavy atom. The Morgan fingerprint density at radius 2 is 1.96 bits per heavy atom. The summed E-state index contributed by atoms with van der Waals surface area (Å²) in [6.45, 7) is 5.90. The molecule has 5 heteroatoms. The van der Waals surface area contributed by atoms with Crippen molar-refractivity contribution in [3.8, 4) is 5.75 Å². The van der Waals surface area contributed by atoms with Crippen LogP contribution in [0.2, 0.25) is 0 Å². The van der Waals surface area contributed by atoms with Crippen molar-refractivity contribution in [1.82, 2.24) is 10.2 Å². The molecule has 1 heterocycles. The third-order valence-electron chi connectivity index (χ3n) is 4.36. The number of nitrogens with zero attached hydrogens (tertiary/aromatic N) is 1. The number of rotatable bonds is 6. The van der Waals surface area contributed by atoms with Crippen molar-refractivity contribution < 1.29 is 14.3 Å². The Hall–Kier alpha value is -2.11. The van der Waals surface area contributed by atoms with Crippen LogP contribution in [0.15, 0.2) is 42.5 Å². The van der Waals surface area contributed by atoms with Gasteiger partial charge in [-0.05, 0) is 29.8 Å². The maximum absolute atomic E-state index is 12.2. The van der Waals surface area contributed by atoms with Gasteiger partial charge in [0.05, 0.1) is 25.8 Å². The minimum Gasteiger partial charge on any atom is -0.492 e. The standard InChI is InChI=1S/C19H24N2O3/c1-15(21-9-12-23-13-10-21)19(22)20-8-11-24-18-7-6-16-4-2-3-5-17(16)14-18/h2-7,14-15H,8-13H2,1H3,(H,20,22)/t15-/m1/s1. The zero-order chi connectivity index (χ0) is 16.8. The van der Waals surface area contributed by atoms with E-state index >= 15 is 0 Å². The van der Waals surface area contributed by atoms with Crippen LogP contribution in [0.4, 0.5) is 0 Å². The fourth-order valence-corrected chi connectivity index (χ4v) is 2.88. The van der Waals surface area contributed by atoms with Gasteiger partial charge in [0.1, 0.15) is 12.4 Å². The maximum Gasteiger partial charge on any atom is 0.237 e. The first-order chi connectivity index (χ1) is 11.7. The smallest absolute Gasteiger partial charge is 0.237 e. The molecule has 0 radical (unpaired) electrons. The summed E-state index contributed by atoms with van der Waals surface area (Å²) in [6, 6.07) is 14.1. The molecule has 1 fully saturated rings. The van der Waals surface area contributed by atoms with E-state index < -0.39 is 0 Å². The van der Waals surface area contributed by atoms with Crippen LogP contribution in [0, 0.1) is 0 Å². The molecule has 0 bridgehead atoms. The van der Waals surface area contributed by atoms with Gasteiger partial charge in [-0.2, -0.15) is 0 Å². The van der Waals surface area contributed by atoms with Gasteiger partial charge >= 0.3 is 0 Å². The van der Waals surface area contributed by atoms with Crippen LogP contribution in [0.3, 0.4) is 0 Å². The molecule has 0 aliphatic carbocycles. The highest BCUT2D eigenvalue weighted by Gasteiger charge is 2.22. The number of hydrogen-bond acceptors (Lipinski definition) is 4. The summed E-state index contributed by atoms with van der Waals surface area (Å²) < 4.78 is 11.1. The second-order valence-corrected chi connectivity index (χ2v) is 5.97. The fraction of sp³-hybridized carbons (Fsp3) is 0.421. The number of morpholine rings is 1. The quantitative estimate of drug-likeness (QED) is 0.825. The maximum atomic E-state index is 12.2. The Bertz CT molecular complexity index is 683. The normalized spacial score (nSPS) is 16.7. The van der Waals surface area contributed by atoms with E-state index in [-0.39, 0.29) is 11.9 Å². The molecule has 0 aromatic heterocycles. The van der Waals surface area contributed by atoms with Gasteiger partial charge in [0.15, 0.2) is 0 Å². The number of fused-ring (bicyclic) bond motifs is 1. The van der Waals surface area contributed by atoms with Crippen molar-refractivity contribution >= 4 is 16.7 Å². The lowest BCUT2D eigenvalue weighted by Crippen LogP contribution is -2.50. The van der Waals surface area contributed by atoms with Gasteiger partial charge in [0, 0.05) is 13.1 Å². The Kier molecular flexibility index (Phi) is 5.67. The van der Waals surface area contributed by atoms with Crippen molar-refractivity contribution in [1.29, 1.82) is 0 Å². The number of ether oxygens (including phenoxy) is 2. The average molecular weight is 328 g/mol. The Labute approximate surface area is 142 Å². The SMILES string of the molecule is C[C@H](C(=O)NCCOc1ccc2ccccc2c1)N1CCOCC1. The van der Waals surface area contributed by atoms with E-state index in [4.69, 9.17) is 9.47 Å². The van der Waals surface area contributed by atoms with Crippen LogP contribution in [0.1, 0.15) is 6.92 Å². The van der Waals surface area contributed by atoms with Crippen LogP contribution in [-0.2, 0) is 9.53 Å². The summed E-state index contributed by atoms with van der Waals surface area (Å²) in [6.07, 6.45) is 0. The van der Waals surface area contributed by atoms with E-state index in [2.05, 4.69) is 22.3 Å². The Balaban J connectivity index is 1.43. The minimum absolute atomic E-state index is 0.0408. The minimum atomic E-state index is -0.130. The molecule has 1 atom stereocenters. The summed E-state index contributed by atoms with van der Waals surface area (Å²) >= 11 is 0. The second kappa shape index (κ2) is 8.13. The number of benzene rings is 2. The molecular weight excluding hydrogens is 304 g/mol. The molecule has 1 amide bonds. The number of nitrogens with one attached hydrogen (secondary N) is 1. The van der Waals surface area contributed by atoms with E-state index in [1.54, 1.807) is 0 Å². The van der Waals surface area contributed by atoms with Gasteiger partial charge in [-0.3, -0.25) is 9.69 Å². The first kappa shape index (κ1) is 16.7. The third-order valence-corrected chi connectivity index (χ3v) is 4.36. The predicted octanol–water partition coefficient (Wildman–Crippen LogP) is 2.06. The van der Waals surface area contributed by atoms with Crippen molar-refractivity contribution in [2.24, 2.45) is 0 Å². The molecule has 1 aliphatic heterocycles. The van der Waals surface area contributed by atoms with Gasteiger partial charge in [0.2, 0.25) is 5.91 Å². The van der Waals surface area contributed by atoms with Gasteiger partial charge in [-0.25, -0.2) is 0 Å². The van der Waals surface area contributed by atoms with E-state index in [1.807, 2.05) is 37.3 Å². The zero-order valence-electron chi connectivity index (χ0n) is 14.0. The molecular formula is C19H24N2O3. The van der Waals surface area contributed by atoms with Crippen LogP contribution in [0.25, 0.3) is 10.8 Å². The second-order valence-electron chi connectivity index (χ2n) is 5.97. The first-order valence-electron chi connectivity index (χ1n) is 8.45. The van der Waals surface area contributed by atoms with Crippen molar-refractivity contribution in [2.75, 3.05) is 39.5 Å². The molecule has 0 spiro atoms. The molecule has 1 aliphatic rings. The summed E-state index contributed by atoms with van der Waals surface area (Å²) in [5.41, 5.74) is 0. The molecule has 0 unspecified atom stereocenters. The highest BCUT2D eigenvalue weighted by Crippen LogP contribution is 2.20. The van der Waals surface area contributed by atoms with Crippen LogP contribution in [-0.4, -0.2) is 56.3 Å². The summed E-state index contributed by atoms with van der Waals surface area (Å²) in [7, 11) is 0. The van der Waals surface area contributed by atoms with E-state index in [9.17, 15) is 4.79 Å². The van der Waals surface area contributed by atoms with E-state index in [0.717, 1.165) is 24.2 Å². The summed E-state index contributed by atoms with van der Waals surface area (Å²) in [5, 5.41) is 5.29. The van der Waals surface area contributed by atoms with Crippen LogP contribution >= 0.6 is 0 Å². The molecule has 1 N–H and O–H groups in total. The zero-order valence-corrected chi connectivity index (χ0v) is 14.0. The molecule has 24 heavy (non-hydrogen) atoms. The van der Waals surface area contributed by atoms with E-state index in [1.165, 1.54) is 5.39 Å². The monoisotopic (exact) mass is 328 g/mol. The highest BCUT2D eigenvalue weighted by atomic mass is 16.5. The molecule has 5 nitrogen and oxygen atoms in total. The number of amides is 1.